The van der Waals surface area contributed by atoms with Crippen molar-refractivity contribution in [3.05, 3.63) is 89.1 Å². The van der Waals surface area contributed by atoms with E-state index in [0.29, 0.717) is 11.4 Å². The van der Waals surface area contributed by atoms with Crippen molar-refractivity contribution in [3.8, 4) is 11.3 Å². The van der Waals surface area contributed by atoms with Gasteiger partial charge in [0.2, 0.25) is 0 Å². The van der Waals surface area contributed by atoms with Gasteiger partial charge in [0.05, 0.1) is 0 Å². The second-order valence-electron chi connectivity index (χ2n) is 6.76. The molecule has 0 saturated heterocycles. The number of nitrogens with zero attached hydrogens (tertiary/aromatic N) is 2. The summed E-state index contributed by atoms with van der Waals surface area (Å²) in [7, 11) is 0. The van der Waals surface area contributed by atoms with Crippen molar-refractivity contribution in [1.82, 2.24) is 9.38 Å². The third kappa shape index (κ3) is 2.99. The van der Waals surface area contributed by atoms with Crippen LogP contribution in [-0.4, -0.2) is 15.3 Å². The molecule has 0 saturated carbocycles. The minimum Gasteiger partial charge on any atom is -0.306 e. The smallest absolute Gasteiger partial charge is 0.257 e. The van der Waals surface area contributed by atoms with Crippen molar-refractivity contribution in [2.75, 3.05) is 5.32 Å². The van der Waals surface area contributed by atoms with Gasteiger partial charge in [0.25, 0.3) is 5.91 Å². The van der Waals surface area contributed by atoms with E-state index in [9.17, 15) is 4.79 Å². The van der Waals surface area contributed by atoms with E-state index in [1.165, 1.54) is 0 Å². The number of rotatable bonds is 3. The molecule has 0 aliphatic heterocycles. The standard InChI is InChI=1S/C23H21N3O/c1-15-9-7-13-19(17(15)3)23(27)25-22-20(18-11-5-4-6-12-18)24-21-16(2)10-8-14-26(21)22/h4-14H,1-3H3,(H,25,27). The molecule has 2 heterocycles. The summed E-state index contributed by atoms with van der Waals surface area (Å²) in [5.41, 5.74) is 6.40. The molecule has 0 fully saturated rings. The topological polar surface area (TPSA) is 46.4 Å². The Morgan fingerprint density at radius 2 is 1.63 bits per heavy atom. The van der Waals surface area contributed by atoms with Gasteiger partial charge in [-0.25, -0.2) is 4.98 Å². The predicted molar refractivity (Wildman–Crippen MR) is 109 cm³/mol. The van der Waals surface area contributed by atoms with Gasteiger partial charge >= 0.3 is 0 Å². The lowest BCUT2D eigenvalue weighted by Gasteiger charge is -2.11. The molecule has 0 aliphatic carbocycles. The van der Waals surface area contributed by atoms with Crippen molar-refractivity contribution < 1.29 is 4.79 Å². The largest absolute Gasteiger partial charge is 0.306 e. The minimum absolute atomic E-state index is 0.128. The Labute approximate surface area is 158 Å². The van der Waals surface area contributed by atoms with Crippen LogP contribution in [0.3, 0.4) is 0 Å². The van der Waals surface area contributed by atoms with Gasteiger partial charge in [-0.2, -0.15) is 0 Å². The average molecular weight is 355 g/mol. The van der Waals surface area contributed by atoms with Gasteiger partial charge in [-0.1, -0.05) is 48.5 Å². The van der Waals surface area contributed by atoms with Gasteiger partial charge in [0, 0.05) is 17.3 Å². The van der Waals surface area contributed by atoms with Crippen molar-refractivity contribution in [1.29, 1.82) is 0 Å². The number of fused-ring (bicyclic) bond motifs is 1. The second kappa shape index (κ2) is 6.72. The van der Waals surface area contributed by atoms with E-state index in [-0.39, 0.29) is 5.91 Å². The molecule has 1 amide bonds. The molecule has 4 aromatic rings. The highest BCUT2D eigenvalue weighted by Crippen LogP contribution is 2.30. The maximum Gasteiger partial charge on any atom is 0.257 e. The lowest BCUT2D eigenvalue weighted by molar-refractivity contribution is 0.102. The summed E-state index contributed by atoms with van der Waals surface area (Å²) >= 11 is 0. The quantitative estimate of drug-likeness (QED) is 0.550. The van der Waals surface area contributed by atoms with Crippen LogP contribution in [0.2, 0.25) is 0 Å². The highest BCUT2D eigenvalue weighted by Gasteiger charge is 2.19. The molecule has 0 atom stereocenters. The summed E-state index contributed by atoms with van der Waals surface area (Å²) in [5.74, 6) is 0.558. The SMILES string of the molecule is Cc1cccc(C(=O)Nc2c(-c3ccccc3)nc3c(C)cccn23)c1C. The van der Waals surface area contributed by atoms with E-state index in [0.717, 1.165) is 33.6 Å². The van der Waals surface area contributed by atoms with Crippen LogP contribution in [0.25, 0.3) is 16.9 Å². The minimum atomic E-state index is -0.128. The third-order valence-electron chi connectivity index (χ3n) is 4.97. The first-order chi connectivity index (χ1) is 13.1. The predicted octanol–water partition coefficient (Wildman–Crippen LogP) is 5.18. The van der Waals surface area contributed by atoms with Crippen molar-refractivity contribution >= 4 is 17.4 Å². The first-order valence-electron chi connectivity index (χ1n) is 8.97. The fourth-order valence-electron chi connectivity index (χ4n) is 3.29. The number of carbonyl (C=O) groups excluding carboxylic acids is 1. The molecule has 2 aromatic carbocycles. The number of anilines is 1. The Morgan fingerprint density at radius 3 is 2.41 bits per heavy atom. The number of pyridine rings is 1. The van der Waals surface area contributed by atoms with Gasteiger partial charge in [-0.3, -0.25) is 9.20 Å². The number of hydrogen-bond acceptors (Lipinski definition) is 2. The molecule has 4 heteroatoms. The highest BCUT2D eigenvalue weighted by molar-refractivity contribution is 6.06. The summed E-state index contributed by atoms with van der Waals surface area (Å²) in [6.45, 7) is 6.01. The number of hydrogen-bond donors (Lipinski definition) is 1. The fourth-order valence-corrected chi connectivity index (χ4v) is 3.29. The van der Waals surface area contributed by atoms with E-state index in [1.807, 2.05) is 92.0 Å². The van der Waals surface area contributed by atoms with E-state index in [1.54, 1.807) is 0 Å². The Hall–Kier alpha value is -3.40. The molecule has 2 aromatic heterocycles. The fraction of sp³-hybridized carbons (Fsp3) is 0.130. The van der Waals surface area contributed by atoms with Crippen LogP contribution in [0.15, 0.2) is 66.9 Å². The van der Waals surface area contributed by atoms with E-state index >= 15 is 0 Å². The molecule has 0 aliphatic rings. The van der Waals surface area contributed by atoms with Crippen molar-refractivity contribution in [3.63, 3.8) is 0 Å². The summed E-state index contributed by atoms with van der Waals surface area (Å²) in [5, 5.41) is 3.11. The van der Waals surface area contributed by atoms with Crippen LogP contribution >= 0.6 is 0 Å². The number of imidazole rings is 1. The Balaban J connectivity index is 1.86. The Kier molecular flexibility index (Phi) is 4.24. The lowest BCUT2D eigenvalue weighted by atomic mass is 10.0. The number of benzene rings is 2. The maximum atomic E-state index is 13.0. The van der Waals surface area contributed by atoms with Gasteiger partial charge < -0.3 is 5.32 Å². The van der Waals surface area contributed by atoms with Crippen molar-refractivity contribution in [2.45, 2.75) is 20.8 Å². The van der Waals surface area contributed by atoms with Crippen LogP contribution in [0.4, 0.5) is 5.82 Å². The summed E-state index contributed by atoms with van der Waals surface area (Å²) < 4.78 is 1.95. The number of aryl methyl sites for hydroxylation is 2. The van der Waals surface area contributed by atoms with Gasteiger partial charge in [-0.15, -0.1) is 0 Å². The molecule has 0 unspecified atom stereocenters. The summed E-state index contributed by atoms with van der Waals surface area (Å²) in [6, 6.07) is 19.7. The molecule has 27 heavy (non-hydrogen) atoms. The van der Waals surface area contributed by atoms with Gasteiger partial charge in [0.15, 0.2) is 0 Å². The molecule has 0 spiro atoms. The van der Waals surface area contributed by atoms with Gasteiger partial charge in [0.1, 0.15) is 17.2 Å². The number of nitrogens with one attached hydrogen (secondary N) is 1. The second-order valence-corrected chi connectivity index (χ2v) is 6.76. The molecule has 4 rings (SSSR count). The van der Waals surface area contributed by atoms with Crippen LogP contribution < -0.4 is 5.32 Å². The number of carbonyl (C=O) groups is 1. The highest BCUT2D eigenvalue weighted by atomic mass is 16.1. The number of amides is 1. The summed E-state index contributed by atoms with van der Waals surface area (Å²) in [4.78, 5) is 17.9. The molecule has 134 valence electrons. The average Bonchev–Trinajstić information content (AvgIpc) is 3.04. The first-order valence-corrected chi connectivity index (χ1v) is 8.97. The van der Waals surface area contributed by atoms with Crippen LogP contribution in [-0.2, 0) is 0 Å². The monoisotopic (exact) mass is 355 g/mol. The maximum absolute atomic E-state index is 13.0. The zero-order valence-electron chi connectivity index (χ0n) is 15.7. The van der Waals surface area contributed by atoms with Crippen LogP contribution in [0.1, 0.15) is 27.0 Å². The molecule has 1 N–H and O–H groups in total. The molecule has 4 nitrogen and oxygen atoms in total. The zero-order chi connectivity index (χ0) is 19.0. The summed E-state index contributed by atoms with van der Waals surface area (Å²) in [6.07, 6.45) is 1.93. The molecule has 0 bridgehead atoms. The molecule has 0 radical (unpaired) electrons. The lowest BCUT2D eigenvalue weighted by Crippen LogP contribution is -2.15. The number of aromatic nitrogens is 2. The van der Waals surface area contributed by atoms with E-state index in [4.69, 9.17) is 4.98 Å². The zero-order valence-corrected chi connectivity index (χ0v) is 15.7. The normalized spacial score (nSPS) is 10.9. The van der Waals surface area contributed by atoms with E-state index < -0.39 is 0 Å². The van der Waals surface area contributed by atoms with Crippen LogP contribution in [0.5, 0.6) is 0 Å². The first kappa shape index (κ1) is 17.0. The van der Waals surface area contributed by atoms with E-state index in [2.05, 4.69) is 5.32 Å². The van der Waals surface area contributed by atoms with Crippen molar-refractivity contribution in [2.24, 2.45) is 0 Å². The third-order valence-corrected chi connectivity index (χ3v) is 4.97. The van der Waals surface area contributed by atoms with Crippen LogP contribution in [0, 0.1) is 20.8 Å². The Morgan fingerprint density at radius 1 is 0.889 bits per heavy atom. The Bertz CT molecular complexity index is 1140. The molecular formula is C23H21N3O. The van der Waals surface area contributed by atoms with Gasteiger partial charge in [-0.05, 0) is 49.6 Å². The molecular weight excluding hydrogens is 334 g/mol.